The van der Waals surface area contributed by atoms with Gasteiger partial charge in [0.15, 0.2) is 0 Å². The minimum absolute atomic E-state index is 0.0131. The monoisotopic (exact) mass is 790 g/mol. The molecule has 4 aliphatic rings. The van der Waals surface area contributed by atoms with E-state index >= 15 is 0 Å². The molecule has 0 unspecified atom stereocenters. The zero-order chi connectivity index (χ0) is 40.4. The molecule has 0 radical (unpaired) electrons. The van der Waals surface area contributed by atoms with E-state index in [0.29, 0.717) is 49.4 Å². The summed E-state index contributed by atoms with van der Waals surface area (Å²) in [5.74, 6) is -0.481. The normalized spacial score (nSPS) is 25.4. The van der Waals surface area contributed by atoms with Crippen molar-refractivity contribution in [2.75, 3.05) is 59.7 Å². The molecule has 2 fully saturated rings. The molecule has 2 aromatic carbocycles. The summed E-state index contributed by atoms with van der Waals surface area (Å²) in [6, 6.07) is 11.5. The molecule has 57 heavy (non-hydrogen) atoms. The molecule has 0 spiro atoms. The Hall–Kier alpha value is -4.50. The maximum Gasteiger partial charge on any atom is 0.409 e. The highest BCUT2D eigenvalue weighted by Crippen LogP contribution is 2.62. The number of rotatable bonds is 22. The van der Waals surface area contributed by atoms with E-state index in [4.69, 9.17) is 28.9 Å². The molecule has 0 bridgehead atoms. The number of carbonyl (C=O) groups is 1. The number of benzene rings is 2. The first-order chi connectivity index (χ1) is 27.8. The van der Waals surface area contributed by atoms with Gasteiger partial charge in [0, 0.05) is 69.4 Å². The van der Waals surface area contributed by atoms with Gasteiger partial charge in [0.05, 0.1) is 30.3 Å². The number of aliphatic hydroxyl groups is 2. The maximum atomic E-state index is 13.8. The number of nitrogens with zero attached hydrogens (tertiary/aromatic N) is 4. The van der Waals surface area contributed by atoms with Crippen LogP contribution in [0.4, 0.5) is 10.5 Å². The van der Waals surface area contributed by atoms with Crippen LogP contribution in [0, 0.1) is 27.9 Å². The van der Waals surface area contributed by atoms with Gasteiger partial charge in [-0.3, -0.25) is 19.9 Å². The summed E-state index contributed by atoms with van der Waals surface area (Å²) >= 11 is 0. The Morgan fingerprint density at radius 3 is 2.54 bits per heavy atom. The molecule has 14 heteroatoms. The van der Waals surface area contributed by atoms with Crippen LogP contribution in [0.1, 0.15) is 75.3 Å². The molecule has 2 heterocycles. The summed E-state index contributed by atoms with van der Waals surface area (Å²) in [6.45, 7) is 10.4. The lowest BCUT2D eigenvalue weighted by molar-refractivity contribution is -0.384. The van der Waals surface area contributed by atoms with Crippen LogP contribution in [-0.4, -0.2) is 108 Å². The van der Waals surface area contributed by atoms with Gasteiger partial charge in [-0.1, -0.05) is 37.1 Å². The molecule has 1 saturated carbocycles. The van der Waals surface area contributed by atoms with Crippen LogP contribution in [0.25, 0.3) is 0 Å². The number of ether oxygens (including phenoxy) is 4. The molecular formula is C43H58N4O10. The minimum atomic E-state index is -1.38. The highest BCUT2D eigenvalue weighted by atomic mass is 16.7. The Kier molecular flexibility index (Phi) is 14.6. The Balaban J connectivity index is 1.52. The van der Waals surface area contributed by atoms with Crippen molar-refractivity contribution in [1.29, 1.82) is 0 Å². The number of fused-ring (bicyclic) bond motifs is 2. The number of methoxy groups -OCH3 is 1. The maximum absolute atomic E-state index is 13.8. The predicted molar refractivity (Wildman–Crippen MR) is 214 cm³/mol. The van der Waals surface area contributed by atoms with Gasteiger partial charge < -0.3 is 34.0 Å². The van der Waals surface area contributed by atoms with Crippen LogP contribution in [0.15, 0.2) is 71.9 Å². The second-order valence-corrected chi connectivity index (χ2v) is 15.3. The first-order valence-electron chi connectivity index (χ1n) is 20.4. The molecule has 6 atom stereocenters. The third-order valence-corrected chi connectivity index (χ3v) is 11.7. The fourth-order valence-electron chi connectivity index (χ4n) is 8.96. The van der Waals surface area contributed by atoms with Crippen molar-refractivity contribution in [2.24, 2.45) is 22.9 Å². The van der Waals surface area contributed by atoms with Gasteiger partial charge in [-0.15, -0.1) is 6.58 Å². The average molecular weight is 791 g/mol. The molecule has 1 amide bonds. The van der Waals surface area contributed by atoms with Gasteiger partial charge in [0.25, 0.3) is 5.69 Å². The van der Waals surface area contributed by atoms with Crippen LogP contribution in [0.5, 0.6) is 11.5 Å². The molecule has 310 valence electrons. The van der Waals surface area contributed by atoms with Crippen LogP contribution < -0.4 is 9.47 Å². The number of oxime groups is 1. The van der Waals surface area contributed by atoms with Crippen LogP contribution >= 0.6 is 0 Å². The van der Waals surface area contributed by atoms with Crippen LogP contribution in [0.3, 0.4) is 0 Å². The molecule has 1 saturated heterocycles. The molecular weight excluding hydrogens is 732 g/mol. The van der Waals surface area contributed by atoms with E-state index in [1.54, 1.807) is 23.1 Å². The van der Waals surface area contributed by atoms with E-state index < -0.39 is 28.8 Å². The lowest BCUT2D eigenvalue weighted by atomic mass is 9.55. The third kappa shape index (κ3) is 9.63. The Morgan fingerprint density at radius 1 is 1.12 bits per heavy atom. The Morgan fingerprint density at radius 2 is 1.88 bits per heavy atom. The fourth-order valence-corrected chi connectivity index (χ4v) is 8.96. The number of non-ortho nitro benzene ring substituents is 1. The summed E-state index contributed by atoms with van der Waals surface area (Å²) in [5, 5.41) is 35.8. The van der Waals surface area contributed by atoms with Crippen LogP contribution in [0.2, 0.25) is 0 Å². The molecule has 14 nitrogen and oxygen atoms in total. The summed E-state index contributed by atoms with van der Waals surface area (Å²) < 4.78 is 25.9. The number of hydrogen-bond acceptors (Lipinski definition) is 12. The number of allylic oxidation sites excluding steroid dienone is 1. The number of carbonyl (C=O) groups excluding carboxylic acids is 1. The van der Waals surface area contributed by atoms with Gasteiger partial charge >= 0.3 is 6.09 Å². The van der Waals surface area contributed by atoms with Gasteiger partial charge in [-0.05, 0) is 85.4 Å². The molecule has 0 aromatic heterocycles. The third-order valence-electron chi connectivity index (χ3n) is 11.7. The topological polar surface area (TPSA) is 165 Å². The highest BCUT2D eigenvalue weighted by molar-refractivity contribution is 6.03. The lowest BCUT2D eigenvalue weighted by Crippen LogP contribution is -2.70. The molecule has 2 aromatic rings. The van der Waals surface area contributed by atoms with Crippen molar-refractivity contribution in [3.63, 3.8) is 0 Å². The van der Waals surface area contributed by atoms with Crippen molar-refractivity contribution in [3.05, 3.63) is 88.0 Å². The molecule has 2 aliphatic carbocycles. The number of aliphatic hydroxyl groups excluding tert-OH is 2. The molecule has 2 N–H and O–H groups in total. The van der Waals surface area contributed by atoms with E-state index in [-0.39, 0.29) is 56.3 Å². The Bertz CT molecular complexity index is 1750. The number of hydrogen-bond donors (Lipinski definition) is 2. The van der Waals surface area contributed by atoms with E-state index in [1.165, 1.54) is 19.2 Å². The zero-order valence-electron chi connectivity index (χ0n) is 33.3. The highest BCUT2D eigenvalue weighted by Gasteiger charge is 2.65. The molecule has 6 rings (SSSR count). The van der Waals surface area contributed by atoms with Crippen molar-refractivity contribution in [3.8, 4) is 11.5 Å². The Labute approximate surface area is 335 Å². The van der Waals surface area contributed by atoms with Gasteiger partial charge in [0.1, 0.15) is 30.8 Å². The first-order valence-corrected chi connectivity index (χ1v) is 20.4. The van der Waals surface area contributed by atoms with Gasteiger partial charge in [-0.2, -0.15) is 0 Å². The minimum Gasteiger partial charge on any atom is -0.492 e. The quantitative estimate of drug-likeness (QED) is 0.0434. The van der Waals surface area contributed by atoms with E-state index in [9.17, 15) is 25.1 Å². The second kappa shape index (κ2) is 19.8. The second-order valence-electron chi connectivity index (χ2n) is 15.3. The number of nitro groups is 1. The lowest BCUT2D eigenvalue weighted by Gasteiger charge is -2.59. The van der Waals surface area contributed by atoms with Crippen molar-refractivity contribution >= 4 is 17.5 Å². The van der Waals surface area contributed by atoms with Gasteiger partial charge in [-0.25, -0.2) is 4.79 Å². The first kappa shape index (κ1) is 42.1. The predicted octanol–water partition coefficient (Wildman–Crippen LogP) is 6.60. The van der Waals surface area contributed by atoms with Crippen molar-refractivity contribution in [2.45, 2.75) is 82.6 Å². The van der Waals surface area contributed by atoms with Gasteiger partial charge in [0.2, 0.25) is 5.79 Å². The smallest absolute Gasteiger partial charge is 0.409 e. The summed E-state index contributed by atoms with van der Waals surface area (Å²) in [4.78, 5) is 34.7. The summed E-state index contributed by atoms with van der Waals surface area (Å²) in [6.07, 6.45) is 8.94. The number of nitro benzene ring substituents is 1. The summed E-state index contributed by atoms with van der Waals surface area (Å²) in [7, 11) is 1.37. The number of amides is 1. The van der Waals surface area contributed by atoms with Crippen LogP contribution in [-0.2, 0) is 20.9 Å². The standard InChI is InChI=1S/C43H58N4O10/c1-4-18-46(42(50)53-3)39-28-37(44-56-29-30-12-14-32(15-13-30)47(51)52)35-26-31(10-6-8-22-48)34(11-7-9-23-49)40-36-27-33(54-25-21-45-19-20-45)16-17-38(36)57-43(39,41(35)40)55-24-5-2/h5,12-17,26-27,31,34,39-41,48-49H,2,4,6-11,18-25,28-29H2,1,3H3/t31-,34+,39-,40+,41+,43+/m0/s1. The summed E-state index contributed by atoms with van der Waals surface area (Å²) in [5.41, 5.74) is 3.25. The van der Waals surface area contributed by atoms with E-state index in [1.807, 2.05) is 19.1 Å². The SMILES string of the molecule is C=CCO[C@@]12Oc3ccc(OCCN4CC4)cc3[C@H]3[C@H](CCCCO)[C@@H](CCCCO)C=C(C(=NOCc4ccc([N+](=O)[O-])cc4)C[C@@H]1N(CCC)C(=O)OC)[C@H]32. The number of unbranched alkanes of at least 4 members (excludes halogenated alkanes) is 2. The fraction of sp³-hybridized carbons (Fsp3) is 0.581. The van der Waals surface area contributed by atoms with E-state index in [0.717, 1.165) is 62.2 Å². The van der Waals surface area contributed by atoms with Crippen molar-refractivity contribution < 1.29 is 43.7 Å². The molecule has 2 aliphatic heterocycles. The van der Waals surface area contributed by atoms with E-state index in [2.05, 4.69) is 23.6 Å². The zero-order valence-corrected chi connectivity index (χ0v) is 33.3. The largest absolute Gasteiger partial charge is 0.492 e. The van der Waals surface area contributed by atoms with Crippen molar-refractivity contribution in [1.82, 2.24) is 9.80 Å². The average Bonchev–Trinajstić information content (AvgIpc) is 4.05.